The number of nitrogens with one attached hydrogen (secondary N) is 2. The molecule has 0 radical (unpaired) electrons. The lowest BCUT2D eigenvalue weighted by molar-refractivity contribution is -0.136. The molecule has 1 unspecified atom stereocenters. The molecule has 32 heavy (non-hydrogen) atoms. The van der Waals surface area contributed by atoms with Crippen LogP contribution in [0.5, 0.6) is 5.75 Å². The number of amides is 2. The first-order valence-electron chi connectivity index (χ1n) is 10.0. The molecule has 0 aliphatic carbocycles. The molecule has 1 atom stereocenters. The molecule has 1 fully saturated rings. The molecule has 10 heteroatoms. The van der Waals surface area contributed by atoms with Crippen molar-refractivity contribution in [2.75, 3.05) is 24.1 Å². The lowest BCUT2D eigenvalue weighted by Gasteiger charge is -2.23. The fourth-order valence-corrected chi connectivity index (χ4v) is 4.88. The second-order valence-electron chi connectivity index (χ2n) is 7.40. The normalized spacial score (nSPS) is 15.6. The standard InChI is InChI=1S/C22H23N5O3S2/c1-14-4-3-5-15(10-14)20-24-25-22(31)26(20)11-19(28)27-13-32-12-18(27)21(29)23-16-6-8-17(30-2)9-7-16/h3-10,18H,11-13H2,1-2H3,(H,23,29)(H,25,31). The van der Waals surface area contributed by atoms with E-state index in [2.05, 4.69) is 15.5 Å². The van der Waals surface area contributed by atoms with Crippen LogP contribution in [0.25, 0.3) is 11.4 Å². The molecule has 2 amide bonds. The third-order valence-electron chi connectivity index (χ3n) is 5.19. The van der Waals surface area contributed by atoms with E-state index in [1.54, 1.807) is 52.6 Å². The molecule has 4 rings (SSSR count). The molecule has 0 spiro atoms. The van der Waals surface area contributed by atoms with Gasteiger partial charge in [-0.1, -0.05) is 23.8 Å². The van der Waals surface area contributed by atoms with Crippen LogP contribution in [0.2, 0.25) is 0 Å². The number of anilines is 1. The molecule has 1 saturated heterocycles. The van der Waals surface area contributed by atoms with Crippen molar-refractivity contribution in [1.82, 2.24) is 19.7 Å². The second-order valence-corrected chi connectivity index (χ2v) is 8.79. The predicted octanol–water partition coefficient (Wildman–Crippen LogP) is 3.46. The van der Waals surface area contributed by atoms with Crippen LogP contribution in [0.1, 0.15) is 5.56 Å². The van der Waals surface area contributed by atoms with E-state index < -0.39 is 6.04 Å². The maximum atomic E-state index is 13.2. The summed E-state index contributed by atoms with van der Waals surface area (Å²) in [7, 11) is 1.59. The van der Waals surface area contributed by atoms with Gasteiger partial charge in [-0.05, 0) is 49.5 Å². The highest BCUT2D eigenvalue weighted by Gasteiger charge is 2.35. The van der Waals surface area contributed by atoms with Gasteiger partial charge in [0.15, 0.2) is 10.6 Å². The van der Waals surface area contributed by atoms with E-state index >= 15 is 0 Å². The molecule has 3 aromatic rings. The Morgan fingerprint density at radius 3 is 2.78 bits per heavy atom. The maximum absolute atomic E-state index is 13.2. The van der Waals surface area contributed by atoms with Crippen molar-refractivity contribution in [1.29, 1.82) is 0 Å². The van der Waals surface area contributed by atoms with E-state index in [1.165, 1.54) is 0 Å². The number of methoxy groups -OCH3 is 1. The third kappa shape index (κ3) is 4.71. The van der Waals surface area contributed by atoms with Gasteiger partial charge in [0.05, 0.1) is 13.0 Å². The molecule has 2 aromatic carbocycles. The van der Waals surface area contributed by atoms with Crippen molar-refractivity contribution < 1.29 is 14.3 Å². The SMILES string of the molecule is COc1ccc(NC(=O)C2CSCN2C(=O)Cn2c(-c3cccc(C)c3)n[nH]c2=S)cc1. The fraction of sp³-hybridized carbons (Fsp3) is 0.273. The summed E-state index contributed by atoms with van der Waals surface area (Å²) < 4.78 is 7.18. The summed E-state index contributed by atoms with van der Waals surface area (Å²) in [6.45, 7) is 2.00. The van der Waals surface area contributed by atoms with E-state index in [-0.39, 0.29) is 18.4 Å². The summed E-state index contributed by atoms with van der Waals surface area (Å²) in [5.74, 6) is 1.88. The van der Waals surface area contributed by atoms with Gasteiger partial charge in [0.25, 0.3) is 0 Å². The number of nitrogens with zero attached hydrogens (tertiary/aromatic N) is 3. The highest BCUT2D eigenvalue weighted by molar-refractivity contribution is 7.99. The summed E-state index contributed by atoms with van der Waals surface area (Å²) in [5.41, 5.74) is 2.61. The van der Waals surface area contributed by atoms with Gasteiger partial charge >= 0.3 is 0 Å². The molecule has 166 valence electrons. The summed E-state index contributed by atoms with van der Waals surface area (Å²) >= 11 is 6.91. The minimum atomic E-state index is -0.557. The van der Waals surface area contributed by atoms with E-state index in [0.717, 1.165) is 11.1 Å². The molecule has 0 saturated carbocycles. The number of benzene rings is 2. The molecule has 2 N–H and O–H groups in total. The van der Waals surface area contributed by atoms with Gasteiger partial charge in [0, 0.05) is 17.0 Å². The quantitative estimate of drug-likeness (QED) is 0.537. The zero-order valence-electron chi connectivity index (χ0n) is 17.7. The number of H-pyrrole nitrogens is 1. The first kappa shape index (κ1) is 22.1. The van der Waals surface area contributed by atoms with Crippen molar-refractivity contribution in [3.05, 3.63) is 58.9 Å². The minimum absolute atomic E-state index is 0.00544. The molecule has 1 aromatic heterocycles. The van der Waals surface area contributed by atoms with Gasteiger partial charge in [-0.15, -0.1) is 11.8 Å². The number of aromatic nitrogens is 3. The van der Waals surface area contributed by atoms with Crippen LogP contribution >= 0.6 is 24.0 Å². The van der Waals surface area contributed by atoms with E-state index in [9.17, 15) is 9.59 Å². The van der Waals surface area contributed by atoms with Gasteiger partial charge < -0.3 is 15.0 Å². The van der Waals surface area contributed by atoms with Gasteiger partial charge in [-0.2, -0.15) is 5.10 Å². The molecular weight excluding hydrogens is 446 g/mol. The fourth-order valence-electron chi connectivity index (χ4n) is 3.50. The number of rotatable bonds is 6. The zero-order chi connectivity index (χ0) is 22.7. The lowest BCUT2D eigenvalue weighted by atomic mass is 10.1. The predicted molar refractivity (Wildman–Crippen MR) is 127 cm³/mol. The van der Waals surface area contributed by atoms with Gasteiger partial charge in [-0.3, -0.25) is 19.3 Å². The Labute approximate surface area is 195 Å². The van der Waals surface area contributed by atoms with Crippen molar-refractivity contribution >= 4 is 41.5 Å². The van der Waals surface area contributed by atoms with Crippen molar-refractivity contribution in [3.8, 4) is 17.1 Å². The maximum Gasteiger partial charge on any atom is 0.248 e. The number of thioether (sulfide) groups is 1. The third-order valence-corrected chi connectivity index (χ3v) is 6.51. The van der Waals surface area contributed by atoms with Crippen LogP contribution in [0.4, 0.5) is 5.69 Å². The van der Waals surface area contributed by atoms with Crippen LogP contribution < -0.4 is 10.1 Å². The van der Waals surface area contributed by atoms with Crippen molar-refractivity contribution in [2.24, 2.45) is 0 Å². The summed E-state index contributed by atoms with van der Waals surface area (Å²) in [4.78, 5) is 27.7. The van der Waals surface area contributed by atoms with Crippen LogP contribution in [0, 0.1) is 11.7 Å². The Morgan fingerprint density at radius 1 is 1.28 bits per heavy atom. The Balaban J connectivity index is 1.49. The number of carbonyl (C=O) groups is 2. The van der Waals surface area contributed by atoms with Gasteiger partial charge in [0.2, 0.25) is 11.8 Å². The number of carbonyl (C=O) groups excluding carboxylic acids is 2. The lowest BCUT2D eigenvalue weighted by Crippen LogP contribution is -2.45. The Kier molecular flexibility index (Phi) is 6.61. The van der Waals surface area contributed by atoms with Gasteiger partial charge in [-0.25, -0.2) is 0 Å². The molecule has 1 aliphatic rings. The average Bonchev–Trinajstić information content (AvgIpc) is 3.42. The molecular formula is C22H23N5O3S2. The second kappa shape index (κ2) is 9.58. The number of hydrogen-bond acceptors (Lipinski definition) is 6. The van der Waals surface area contributed by atoms with E-state index in [0.29, 0.717) is 33.7 Å². The van der Waals surface area contributed by atoms with Crippen molar-refractivity contribution in [2.45, 2.75) is 19.5 Å². The van der Waals surface area contributed by atoms with E-state index in [4.69, 9.17) is 17.0 Å². The van der Waals surface area contributed by atoms with Crippen LogP contribution in [0.15, 0.2) is 48.5 Å². The topological polar surface area (TPSA) is 92.2 Å². The van der Waals surface area contributed by atoms with Gasteiger partial charge in [0.1, 0.15) is 18.3 Å². The zero-order valence-corrected chi connectivity index (χ0v) is 19.3. The first-order chi connectivity index (χ1) is 15.5. The monoisotopic (exact) mass is 469 g/mol. The molecule has 8 nitrogen and oxygen atoms in total. The average molecular weight is 470 g/mol. The minimum Gasteiger partial charge on any atom is -0.497 e. The first-order valence-corrected chi connectivity index (χ1v) is 11.6. The smallest absolute Gasteiger partial charge is 0.248 e. The van der Waals surface area contributed by atoms with Crippen molar-refractivity contribution in [3.63, 3.8) is 0 Å². The van der Waals surface area contributed by atoms with Crippen LogP contribution in [-0.2, 0) is 16.1 Å². The Hall–Kier alpha value is -3.11. The summed E-state index contributed by atoms with van der Waals surface area (Å²) in [5, 5.41) is 9.97. The number of ether oxygens (including phenoxy) is 1. The molecule has 0 bridgehead atoms. The molecule has 2 heterocycles. The Bertz CT molecular complexity index is 1190. The van der Waals surface area contributed by atoms with Crippen LogP contribution in [0.3, 0.4) is 0 Å². The molecule has 1 aliphatic heterocycles. The Morgan fingerprint density at radius 2 is 2.06 bits per heavy atom. The largest absolute Gasteiger partial charge is 0.497 e. The number of aromatic amines is 1. The summed E-state index contributed by atoms with van der Waals surface area (Å²) in [6, 6.07) is 14.4. The number of hydrogen-bond donors (Lipinski definition) is 2. The summed E-state index contributed by atoms with van der Waals surface area (Å²) in [6.07, 6.45) is 0. The highest BCUT2D eigenvalue weighted by Crippen LogP contribution is 2.25. The number of aryl methyl sites for hydroxylation is 1. The van der Waals surface area contributed by atoms with Crippen LogP contribution in [-0.4, -0.2) is 56.3 Å². The highest BCUT2D eigenvalue weighted by atomic mass is 32.2. The van der Waals surface area contributed by atoms with E-state index in [1.807, 2.05) is 31.2 Å².